The summed E-state index contributed by atoms with van der Waals surface area (Å²) in [7, 11) is 1.58. The van der Waals surface area contributed by atoms with Crippen molar-refractivity contribution in [2.75, 3.05) is 13.7 Å². The zero-order chi connectivity index (χ0) is 17.3. The Hall–Kier alpha value is -2.63. The van der Waals surface area contributed by atoms with Gasteiger partial charge in [-0.2, -0.15) is 0 Å². The second-order valence-corrected chi connectivity index (χ2v) is 6.02. The van der Waals surface area contributed by atoms with Crippen LogP contribution < -0.4 is 4.74 Å². The molecule has 3 saturated heterocycles. The molecular weight excluding hydrogens is 308 g/mol. The van der Waals surface area contributed by atoms with Crippen molar-refractivity contribution in [2.24, 2.45) is 0 Å². The number of carbonyl (C=O) groups is 3. The molecule has 24 heavy (non-hydrogen) atoms. The van der Waals surface area contributed by atoms with Crippen LogP contribution in [0.1, 0.15) is 18.4 Å². The number of ether oxygens (including phenoxy) is 1. The molecule has 4 rings (SSSR count). The molecule has 2 amide bonds. The SMILES string of the molecule is C=CCN1C(=O)[C@@H]2C(=O)CC[C@H]1C(=O)N2Cc1ccc(OC)cc1. The van der Waals surface area contributed by atoms with Crippen molar-refractivity contribution in [3.05, 3.63) is 42.5 Å². The summed E-state index contributed by atoms with van der Waals surface area (Å²) in [6, 6.07) is 5.67. The lowest BCUT2D eigenvalue weighted by molar-refractivity contribution is -0.162. The molecule has 0 N–H and O–H groups in total. The van der Waals surface area contributed by atoms with Gasteiger partial charge in [0.1, 0.15) is 11.8 Å². The lowest BCUT2D eigenvalue weighted by Gasteiger charge is -2.41. The quantitative estimate of drug-likeness (QED) is 0.601. The number of nitrogens with zero attached hydrogens (tertiary/aromatic N) is 2. The van der Waals surface area contributed by atoms with Crippen LogP contribution in [0.4, 0.5) is 0 Å². The van der Waals surface area contributed by atoms with Gasteiger partial charge in [0.25, 0.3) is 5.91 Å². The van der Waals surface area contributed by atoms with Crippen LogP contribution in [0.25, 0.3) is 0 Å². The molecule has 3 aliphatic heterocycles. The third-order valence-electron chi connectivity index (χ3n) is 4.58. The first-order valence-electron chi connectivity index (χ1n) is 7.94. The van der Waals surface area contributed by atoms with Gasteiger partial charge < -0.3 is 14.5 Å². The van der Waals surface area contributed by atoms with E-state index in [1.807, 2.05) is 12.1 Å². The second-order valence-electron chi connectivity index (χ2n) is 6.02. The minimum atomic E-state index is -1.02. The van der Waals surface area contributed by atoms with Gasteiger partial charge in [0.15, 0.2) is 11.8 Å². The Bertz CT molecular complexity index is 683. The Morgan fingerprint density at radius 1 is 1.17 bits per heavy atom. The molecule has 6 nitrogen and oxygen atoms in total. The first-order valence-corrected chi connectivity index (χ1v) is 7.94. The van der Waals surface area contributed by atoms with Gasteiger partial charge in [-0.05, 0) is 24.1 Å². The average molecular weight is 328 g/mol. The molecule has 3 heterocycles. The van der Waals surface area contributed by atoms with Gasteiger partial charge in [-0.15, -0.1) is 6.58 Å². The molecule has 0 radical (unpaired) electrons. The number of hydrogen-bond acceptors (Lipinski definition) is 4. The fourth-order valence-electron chi connectivity index (χ4n) is 3.36. The zero-order valence-corrected chi connectivity index (χ0v) is 13.6. The van der Waals surface area contributed by atoms with E-state index in [2.05, 4.69) is 6.58 Å². The molecule has 3 fully saturated rings. The zero-order valence-electron chi connectivity index (χ0n) is 13.6. The molecule has 0 unspecified atom stereocenters. The number of hydrogen-bond donors (Lipinski definition) is 0. The minimum absolute atomic E-state index is 0.164. The lowest BCUT2D eigenvalue weighted by atomic mass is 10.0. The van der Waals surface area contributed by atoms with Crippen molar-refractivity contribution in [3.63, 3.8) is 0 Å². The monoisotopic (exact) mass is 328 g/mol. The number of amides is 2. The topological polar surface area (TPSA) is 66.9 Å². The first kappa shape index (κ1) is 16.2. The fraction of sp³-hybridized carbons (Fsp3) is 0.389. The molecule has 0 aliphatic carbocycles. The average Bonchev–Trinajstić information content (AvgIpc) is 2.78. The third kappa shape index (κ3) is 2.68. The summed E-state index contributed by atoms with van der Waals surface area (Å²) >= 11 is 0. The van der Waals surface area contributed by atoms with Gasteiger partial charge in [-0.25, -0.2) is 0 Å². The van der Waals surface area contributed by atoms with Gasteiger partial charge >= 0.3 is 0 Å². The number of piperazine rings is 1. The highest BCUT2D eigenvalue weighted by atomic mass is 16.5. The fourth-order valence-corrected chi connectivity index (χ4v) is 3.36. The van der Waals surface area contributed by atoms with Crippen LogP contribution in [-0.2, 0) is 20.9 Å². The summed E-state index contributed by atoms with van der Waals surface area (Å²) in [5.41, 5.74) is 0.854. The van der Waals surface area contributed by atoms with Crippen LogP contribution in [0.15, 0.2) is 36.9 Å². The van der Waals surface area contributed by atoms with Crippen molar-refractivity contribution in [1.82, 2.24) is 9.80 Å². The molecular formula is C18H20N2O4. The summed E-state index contributed by atoms with van der Waals surface area (Å²) in [6.45, 7) is 4.16. The van der Waals surface area contributed by atoms with Crippen LogP contribution in [0.2, 0.25) is 0 Å². The van der Waals surface area contributed by atoms with Gasteiger partial charge in [0.05, 0.1) is 7.11 Å². The maximum atomic E-state index is 12.8. The van der Waals surface area contributed by atoms with E-state index in [0.717, 1.165) is 5.56 Å². The molecule has 0 saturated carbocycles. The highest BCUT2D eigenvalue weighted by Crippen LogP contribution is 2.29. The van der Waals surface area contributed by atoms with Crippen molar-refractivity contribution >= 4 is 17.6 Å². The minimum Gasteiger partial charge on any atom is -0.497 e. The number of rotatable bonds is 5. The molecule has 2 atom stereocenters. The highest BCUT2D eigenvalue weighted by molar-refractivity contribution is 6.13. The molecule has 1 aromatic carbocycles. The Kier molecular flexibility index (Phi) is 4.38. The molecule has 2 bridgehead atoms. The maximum Gasteiger partial charge on any atom is 0.254 e. The van der Waals surface area contributed by atoms with E-state index in [9.17, 15) is 14.4 Å². The second kappa shape index (κ2) is 6.47. The van der Waals surface area contributed by atoms with E-state index in [4.69, 9.17) is 4.74 Å². The van der Waals surface area contributed by atoms with Gasteiger partial charge in [0, 0.05) is 19.5 Å². The molecule has 0 spiro atoms. The Labute approximate surface area is 140 Å². The molecule has 126 valence electrons. The number of carbonyl (C=O) groups excluding carboxylic acids is 3. The van der Waals surface area contributed by atoms with Crippen LogP contribution in [0.5, 0.6) is 5.75 Å². The smallest absolute Gasteiger partial charge is 0.254 e. The van der Waals surface area contributed by atoms with Gasteiger partial charge in [-0.1, -0.05) is 18.2 Å². The summed E-state index contributed by atoms with van der Waals surface area (Å²) in [5.74, 6) is 0.0707. The summed E-state index contributed by atoms with van der Waals surface area (Å²) in [6.07, 6.45) is 2.22. The first-order chi connectivity index (χ1) is 11.6. The van der Waals surface area contributed by atoms with Crippen molar-refractivity contribution in [1.29, 1.82) is 0 Å². The normalized spacial score (nSPS) is 23.5. The van der Waals surface area contributed by atoms with E-state index in [-0.39, 0.29) is 37.1 Å². The van der Waals surface area contributed by atoms with Gasteiger partial charge in [-0.3, -0.25) is 14.4 Å². The van der Waals surface area contributed by atoms with Crippen molar-refractivity contribution in [3.8, 4) is 5.75 Å². The summed E-state index contributed by atoms with van der Waals surface area (Å²) < 4.78 is 5.12. The number of fused-ring (bicyclic) bond motifs is 4. The Balaban J connectivity index is 1.90. The van der Waals surface area contributed by atoms with E-state index in [0.29, 0.717) is 12.2 Å². The molecule has 1 aromatic rings. The van der Waals surface area contributed by atoms with Crippen molar-refractivity contribution in [2.45, 2.75) is 31.5 Å². The predicted molar refractivity (Wildman–Crippen MR) is 87.3 cm³/mol. The Morgan fingerprint density at radius 3 is 2.50 bits per heavy atom. The number of ketones is 1. The number of Topliss-reactive ketones (excluding diaryl/α,β-unsaturated/α-hetero) is 1. The van der Waals surface area contributed by atoms with Crippen LogP contribution in [-0.4, -0.2) is 53.1 Å². The van der Waals surface area contributed by atoms with Crippen molar-refractivity contribution < 1.29 is 19.1 Å². The largest absolute Gasteiger partial charge is 0.497 e. The van der Waals surface area contributed by atoms with Crippen LogP contribution >= 0.6 is 0 Å². The number of methoxy groups -OCH3 is 1. The lowest BCUT2D eigenvalue weighted by Crippen LogP contribution is -2.64. The Morgan fingerprint density at radius 2 is 1.88 bits per heavy atom. The van der Waals surface area contributed by atoms with Gasteiger partial charge in [0.2, 0.25) is 5.91 Å². The van der Waals surface area contributed by atoms with Crippen LogP contribution in [0.3, 0.4) is 0 Å². The van der Waals surface area contributed by atoms with Crippen LogP contribution in [0, 0.1) is 0 Å². The molecule has 3 aliphatic rings. The summed E-state index contributed by atoms with van der Waals surface area (Å²) in [5, 5.41) is 0. The number of benzene rings is 1. The predicted octanol–water partition coefficient (Wildman–Crippen LogP) is 1.15. The standard InChI is InChI=1S/C18H20N2O4/c1-3-10-19-14-8-9-15(21)16(18(19)23)20(17(14)22)11-12-4-6-13(24-2)7-5-12/h3-7,14,16H,1,8-11H2,2H3/t14-,16-/m0/s1. The third-order valence-corrected chi connectivity index (χ3v) is 4.58. The van der Waals surface area contributed by atoms with E-state index in [1.54, 1.807) is 25.3 Å². The highest BCUT2D eigenvalue weighted by Gasteiger charge is 2.51. The maximum absolute atomic E-state index is 12.8. The summed E-state index contributed by atoms with van der Waals surface area (Å²) in [4.78, 5) is 40.8. The molecule has 0 aromatic heterocycles. The van der Waals surface area contributed by atoms with E-state index < -0.39 is 12.1 Å². The molecule has 6 heteroatoms. The van der Waals surface area contributed by atoms with E-state index in [1.165, 1.54) is 9.80 Å². The van der Waals surface area contributed by atoms with E-state index >= 15 is 0 Å².